The van der Waals surface area contributed by atoms with Crippen LogP contribution in [0.1, 0.15) is 47.5 Å². The molecule has 0 saturated heterocycles. The van der Waals surface area contributed by atoms with Gasteiger partial charge in [0, 0.05) is 25.0 Å². The third-order valence-corrected chi connectivity index (χ3v) is 2.95. The third-order valence-electron chi connectivity index (χ3n) is 2.95. The number of nitrogens with two attached hydrogens (primary N) is 1. The van der Waals surface area contributed by atoms with Gasteiger partial charge in [-0.25, -0.2) is 0 Å². The molecule has 2 N–H and O–H groups in total. The zero-order valence-corrected chi connectivity index (χ0v) is 11.0. The van der Waals surface area contributed by atoms with Crippen molar-refractivity contribution in [1.29, 1.82) is 0 Å². The average Bonchev–Trinajstić information content (AvgIpc) is 2.10. The van der Waals surface area contributed by atoms with Gasteiger partial charge in [0.2, 0.25) is 5.91 Å². The van der Waals surface area contributed by atoms with E-state index < -0.39 is 0 Å². The van der Waals surface area contributed by atoms with Gasteiger partial charge < -0.3 is 10.6 Å². The van der Waals surface area contributed by atoms with E-state index in [0.717, 1.165) is 6.42 Å². The zero-order valence-electron chi connectivity index (χ0n) is 11.0. The van der Waals surface area contributed by atoms with Crippen LogP contribution in [0.3, 0.4) is 0 Å². The van der Waals surface area contributed by atoms with Gasteiger partial charge in [0.1, 0.15) is 0 Å². The van der Waals surface area contributed by atoms with Crippen molar-refractivity contribution in [2.45, 2.75) is 59.0 Å². The monoisotopic (exact) mass is 214 g/mol. The lowest BCUT2D eigenvalue weighted by molar-refractivity contribution is -0.132. The van der Waals surface area contributed by atoms with Gasteiger partial charge in [0.25, 0.3) is 0 Å². The zero-order chi connectivity index (χ0) is 12.2. The minimum Gasteiger partial charge on any atom is -0.343 e. The van der Waals surface area contributed by atoms with Crippen molar-refractivity contribution in [2.75, 3.05) is 7.05 Å². The predicted octanol–water partition coefficient (Wildman–Crippen LogP) is 2.01. The van der Waals surface area contributed by atoms with Gasteiger partial charge in [-0.1, -0.05) is 13.8 Å². The van der Waals surface area contributed by atoms with E-state index in [4.69, 9.17) is 5.73 Å². The maximum atomic E-state index is 11.8. The number of carbonyl (C=O) groups is 1. The molecule has 1 atom stereocenters. The Kier molecular flexibility index (Phi) is 5.29. The van der Waals surface area contributed by atoms with Gasteiger partial charge in [-0.05, 0) is 33.1 Å². The van der Waals surface area contributed by atoms with Gasteiger partial charge in [-0.2, -0.15) is 0 Å². The summed E-state index contributed by atoms with van der Waals surface area (Å²) < 4.78 is 0. The van der Waals surface area contributed by atoms with Crippen LogP contribution >= 0.6 is 0 Å². The van der Waals surface area contributed by atoms with E-state index in [9.17, 15) is 4.79 Å². The summed E-state index contributed by atoms with van der Waals surface area (Å²) in [6, 6.07) is 0.290. The molecule has 0 aromatic carbocycles. The molecule has 15 heavy (non-hydrogen) atoms. The van der Waals surface area contributed by atoms with Crippen LogP contribution in [0.4, 0.5) is 0 Å². The van der Waals surface area contributed by atoms with Crippen molar-refractivity contribution < 1.29 is 4.79 Å². The normalized spacial score (nSPS) is 14.1. The summed E-state index contributed by atoms with van der Waals surface area (Å²) in [5.41, 5.74) is 5.60. The molecule has 1 unspecified atom stereocenters. The van der Waals surface area contributed by atoms with Crippen LogP contribution in [0.5, 0.6) is 0 Å². The van der Waals surface area contributed by atoms with E-state index in [2.05, 4.69) is 20.8 Å². The molecule has 1 amide bonds. The van der Waals surface area contributed by atoms with Crippen molar-refractivity contribution in [2.24, 2.45) is 11.7 Å². The maximum absolute atomic E-state index is 11.8. The van der Waals surface area contributed by atoms with Crippen molar-refractivity contribution in [3.8, 4) is 0 Å². The highest BCUT2D eigenvalue weighted by Crippen LogP contribution is 2.13. The van der Waals surface area contributed by atoms with Gasteiger partial charge in [0.05, 0.1) is 0 Å². The number of rotatable bonds is 5. The lowest BCUT2D eigenvalue weighted by atomic mass is 9.98. The second-order valence-corrected chi connectivity index (χ2v) is 5.48. The molecular weight excluding hydrogens is 188 g/mol. The summed E-state index contributed by atoms with van der Waals surface area (Å²) in [4.78, 5) is 13.6. The minimum atomic E-state index is -0.252. The fraction of sp³-hybridized carbons (Fsp3) is 0.917. The van der Waals surface area contributed by atoms with Gasteiger partial charge in [-0.3, -0.25) is 4.79 Å². The molecule has 0 saturated carbocycles. The summed E-state index contributed by atoms with van der Waals surface area (Å²) in [5, 5.41) is 0. The van der Waals surface area contributed by atoms with Crippen LogP contribution in [0.15, 0.2) is 0 Å². The van der Waals surface area contributed by atoms with E-state index in [1.807, 2.05) is 25.8 Å². The van der Waals surface area contributed by atoms with Crippen LogP contribution in [-0.4, -0.2) is 29.4 Å². The largest absolute Gasteiger partial charge is 0.343 e. The molecule has 3 heteroatoms. The number of nitrogens with zero attached hydrogens (tertiary/aromatic N) is 1. The molecule has 3 nitrogen and oxygen atoms in total. The van der Waals surface area contributed by atoms with E-state index in [1.165, 1.54) is 0 Å². The van der Waals surface area contributed by atoms with Crippen molar-refractivity contribution in [3.63, 3.8) is 0 Å². The number of carbonyl (C=O) groups excluding carboxylic acids is 1. The molecule has 0 bridgehead atoms. The van der Waals surface area contributed by atoms with Crippen molar-refractivity contribution >= 4 is 5.91 Å². The molecule has 0 spiro atoms. The Morgan fingerprint density at radius 1 is 1.33 bits per heavy atom. The van der Waals surface area contributed by atoms with Crippen LogP contribution in [-0.2, 0) is 4.79 Å². The molecule has 90 valence electrons. The lowest BCUT2D eigenvalue weighted by Gasteiger charge is -2.29. The highest BCUT2D eigenvalue weighted by atomic mass is 16.2. The fourth-order valence-electron chi connectivity index (χ4n) is 1.28. The van der Waals surface area contributed by atoms with Crippen LogP contribution in [0.2, 0.25) is 0 Å². The van der Waals surface area contributed by atoms with Crippen LogP contribution in [0, 0.1) is 5.92 Å². The van der Waals surface area contributed by atoms with Gasteiger partial charge in [0.15, 0.2) is 0 Å². The van der Waals surface area contributed by atoms with E-state index in [0.29, 0.717) is 18.4 Å². The minimum absolute atomic E-state index is 0.190. The first kappa shape index (κ1) is 14.4. The number of hydrogen-bond acceptors (Lipinski definition) is 2. The second kappa shape index (κ2) is 5.50. The molecule has 0 radical (unpaired) electrons. The Hall–Kier alpha value is -0.570. The molecule has 0 aromatic heterocycles. The second-order valence-electron chi connectivity index (χ2n) is 5.48. The Morgan fingerprint density at radius 2 is 1.80 bits per heavy atom. The molecule has 0 aliphatic rings. The standard InChI is InChI=1S/C12H26N2O/c1-9(2)10(3)14(6)11(15)7-8-12(4,5)13/h9-10H,7-8,13H2,1-6H3. The van der Waals surface area contributed by atoms with Crippen molar-refractivity contribution in [3.05, 3.63) is 0 Å². The Balaban J connectivity index is 4.11. The highest BCUT2D eigenvalue weighted by Gasteiger charge is 2.20. The molecule has 0 aliphatic carbocycles. The lowest BCUT2D eigenvalue weighted by Crippen LogP contribution is -2.40. The molecule has 0 fully saturated rings. The molecule has 0 aliphatic heterocycles. The molecule has 0 aromatic rings. The number of hydrogen-bond donors (Lipinski definition) is 1. The smallest absolute Gasteiger partial charge is 0.222 e. The Morgan fingerprint density at radius 3 is 2.13 bits per heavy atom. The Bertz CT molecular complexity index is 206. The van der Waals surface area contributed by atoms with E-state index in [-0.39, 0.29) is 11.4 Å². The first-order valence-electron chi connectivity index (χ1n) is 5.69. The number of amides is 1. The predicted molar refractivity (Wildman–Crippen MR) is 64.6 cm³/mol. The maximum Gasteiger partial charge on any atom is 0.222 e. The summed E-state index contributed by atoms with van der Waals surface area (Å²) in [6.45, 7) is 10.2. The fourth-order valence-corrected chi connectivity index (χ4v) is 1.28. The van der Waals surface area contributed by atoms with E-state index >= 15 is 0 Å². The summed E-state index contributed by atoms with van der Waals surface area (Å²) >= 11 is 0. The first-order valence-corrected chi connectivity index (χ1v) is 5.69. The molecular formula is C12H26N2O. The topological polar surface area (TPSA) is 46.3 Å². The molecule has 0 heterocycles. The van der Waals surface area contributed by atoms with Gasteiger partial charge in [-0.15, -0.1) is 0 Å². The summed E-state index contributed by atoms with van der Waals surface area (Å²) in [5.74, 6) is 0.680. The average molecular weight is 214 g/mol. The summed E-state index contributed by atoms with van der Waals surface area (Å²) in [6.07, 6.45) is 1.28. The first-order chi connectivity index (χ1) is 6.65. The molecule has 0 rings (SSSR count). The quantitative estimate of drug-likeness (QED) is 0.761. The van der Waals surface area contributed by atoms with E-state index in [1.54, 1.807) is 0 Å². The van der Waals surface area contributed by atoms with Crippen LogP contribution < -0.4 is 5.73 Å². The third kappa shape index (κ3) is 5.78. The summed E-state index contributed by atoms with van der Waals surface area (Å²) in [7, 11) is 1.87. The van der Waals surface area contributed by atoms with Crippen LogP contribution in [0.25, 0.3) is 0 Å². The highest BCUT2D eigenvalue weighted by molar-refractivity contribution is 5.76. The van der Waals surface area contributed by atoms with Crippen molar-refractivity contribution in [1.82, 2.24) is 4.90 Å². The SMILES string of the molecule is CC(C)C(C)N(C)C(=O)CCC(C)(C)N. The van der Waals surface area contributed by atoms with Gasteiger partial charge >= 0.3 is 0 Å². The Labute approximate surface area is 94.0 Å².